The van der Waals surface area contributed by atoms with Crippen molar-refractivity contribution in [3.05, 3.63) is 48.9 Å². The molecule has 3 aromatic heterocycles. The third kappa shape index (κ3) is 3.52. The van der Waals surface area contributed by atoms with Gasteiger partial charge in [0.25, 0.3) is 0 Å². The molecule has 0 saturated heterocycles. The van der Waals surface area contributed by atoms with Crippen LogP contribution in [-0.4, -0.2) is 48.0 Å². The van der Waals surface area contributed by atoms with Crippen LogP contribution in [0.3, 0.4) is 0 Å². The molecule has 9 nitrogen and oxygen atoms in total. The fourth-order valence-electron chi connectivity index (χ4n) is 3.10. The van der Waals surface area contributed by atoms with Gasteiger partial charge < -0.3 is 24.3 Å². The first kappa shape index (κ1) is 19.3. The summed E-state index contributed by atoms with van der Waals surface area (Å²) in [5.74, 6) is 2.85. The molecule has 0 aliphatic rings. The van der Waals surface area contributed by atoms with Gasteiger partial charge in [-0.3, -0.25) is 0 Å². The SMILES string of the molecule is COc1ccc(Nc2ccn3ncc(-c4cc(OC)c(OC)c(OC)c4)c3n2)cn1. The maximum atomic E-state index is 5.47. The lowest BCUT2D eigenvalue weighted by Crippen LogP contribution is -1.98. The van der Waals surface area contributed by atoms with E-state index >= 15 is 0 Å². The zero-order valence-corrected chi connectivity index (χ0v) is 17.0. The van der Waals surface area contributed by atoms with Gasteiger partial charge >= 0.3 is 0 Å². The molecule has 30 heavy (non-hydrogen) atoms. The summed E-state index contributed by atoms with van der Waals surface area (Å²) in [5, 5.41) is 7.64. The number of pyridine rings is 1. The number of hydrogen-bond donors (Lipinski definition) is 1. The molecule has 0 bridgehead atoms. The van der Waals surface area contributed by atoms with Gasteiger partial charge in [-0.2, -0.15) is 5.10 Å². The van der Waals surface area contributed by atoms with Crippen LogP contribution in [0.1, 0.15) is 0 Å². The van der Waals surface area contributed by atoms with E-state index in [1.54, 1.807) is 51.4 Å². The van der Waals surface area contributed by atoms with E-state index in [0.717, 1.165) is 16.8 Å². The molecule has 0 unspecified atom stereocenters. The van der Waals surface area contributed by atoms with E-state index in [9.17, 15) is 0 Å². The molecule has 0 amide bonds. The van der Waals surface area contributed by atoms with E-state index in [1.165, 1.54) is 0 Å². The molecule has 0 aliphatic carbocycles. The van der Waals surface area contributed by atoms with E-state index in [1.807, 2.05) is 30.5 Å². The lowest BCUT2D eigenvalue weighted by atomic mass is 10.1. The summed E-state index contributed by atoms with van der Waals surface area (Å²) in [4.78, 5) is 8.92. The summed E-state index contributed by atoms with van der Waals surface area (Å²) < 4.78 is 23.1. The predicted octanol–water partition coefficient (Wildman–Crippen LogP) is 3.57. The summed E-state index contributed by atoms with van der Waals surface area (Å²) in [5.41, 5.74) is 3.14. The molecule has 0 atom stereocenters. The maximum Gasteiger partial charge on any atom is 0.213 e. The van der Waals surface area contributed by atoms with Gasteiger partial charge in [-0.05, 0) is 29.8 Å². The summed E-state index contributed by atoms with van der Waals surface area (Å²) >= 11 is 0. The molecule has 3 heterocycles. The van der Waals surface area contributed by atoms with Crippen molar-refractivity contribution in [2.24, 2.45) is 0 Å². The average molecular weight is 407 g/mol. The van der Waals surface area contributed by atoms with Crippen molar-refractivity contribution >= 4 is 17.2 Å². The Morgan fingerprint density at radius 3 is 2.23 bits per heavy atom. The van der Waals surface area contributed by atoms with Gasteiger partial charge in [-0.15, -0.1) is 0 Å². The smallest absolute Gasteiger partial charge is 0.213 e. The van der Waals surface area contributed by atoms with Crippen molar-refractivity contribution < 1.29 is 18.9 Å². The Balaban J connectivity index is 1.74. The van der Waals surface area contributed by atoms with Crippen LogP contribution in [0.2, 0.25) is 0 Å². The number of benzene rings is 1. The van der Waals surface area contributed by atoms with Gasteiger partial charge in [-0.25, -0.2) is 14.5 Å². The van der Waals surface area contributed by atoms with Crippen LogP contribution in [0.25, 0.3) is 16.8 Å². The monoisotopic (exact) mass is 407 g/mol. The molecule has 9 heteroatoms. The van der Waals surface area contributed by atoms with Crippen LogP contribution in [-0.2, 0) is 0 Å². The van der Waals surface area contributed by atoms with E-state index < -0.39 is 0 Å². The highest BCUT2D eigenvalue weighted by atomic mass is 16.5. The first-order valence-electron chi connectivity index (χ1n) is 9.08. The number of hydrogen-bond acceptors (Lipinski definition) is 8. The first-order valence-corrected chi connectivity index (χ1v) is 9.08. The van der Waals surface area contributed by atoms with Gasteiger partial charge in [0.2, 0.25) is 11.6 Å². The topological polar surface area (TPSA) is 92.0 Å². The van der Waals surface area contributed by atoms with Gasteiger partial charge in [0.05, 0.1) is 46.5 Å². The minimum atomic E-state index is 0.530. The molecular formula is C21H21N5O4. The molecule has 4 rings (SSSR count). The van der Waals surface area contributed by atoms with Crippen LogP contribution < -0.4 is 24.3 Å². The largest absolute Gasteiger partial charge is 0.493 e. The zero-order valence-electron chi connectivity index (χ0n) is 17.0. The van der Waals surface area contributed by atoms with Crippen molar-refractivity contribution in [2.45, 2.75) is 0 Å². The molecular weight excluding hydrogens is 386 g/mol. The molecule has 1 aromatic carbocycles. The van der Waals surface area contributed by atoms with Crippen LogP contribution in [0, 0.1) is 0 Å². The minimum absolute atomic E-state index is 0.530. The molecule has 1 N–H and O–H groups in total. The minimum Gasteiger partial charge on any atom is -0.493 e. The van der Waals surface area contributed by atoms with Crippen molar-refractivity contribution in [1.82, 2.24) is 19.6 Å². The zero-order chi connectivity index (χ0) is 21.1. The fraction of sp³-hybridized carbons (Fsp3) is 0.190. The normalized spacial score (nSPS) is 10.7. The summed E-state index contributed by atoms with van der Waals surface area (Å²) in [6.07, 6.45) is 5.27. The Morgan fingerprint density at radius 1 is 0.867 bits per heavy atom. The Bertz CT molecular complexity index is 1150. The Labute approximate surface area is 173 Å². The van der Waals surface area contributed by atoms with E-state index in [2.05, 4.69) is 15.4 Å². The Morgan fingerprint density at radius 2 is 1.63 bits per heavy atom. The molecule has 0 saturated carbocycles. The molecule has 4 aromatic rings. The van der Waals surface area contributed by atoms with E-state index in [0.29, 0.717) is 34.6 Å². The number of aromatic nitrogens is 4. The number of methoxy groups -OCH3 is 4. The number of nitrogens with one attached hydrogen (secondary N) is 1. The highest BCUT2D eigenvalue weighted by molar-refractivity contribution is 5.81. The first-order chi connectivity index (χ1) is 14.7. The quantitative estimate of drug-likeness (QED) is 0.497. The van der Waals surface area contributed by atoms with Crippen LogP contribution in [0.5, 0.6) is 23.1 Å². The lowest BCUT2D eigenvalue weighted by molar-refractivity contribution is 0.324. The number of rotatable bonds is 7. The van der Waals surface area contributed by atoms with E-state index in [4.69, 9.17) is 23.9 Å². The van der Waals surface area contributed by atoms with Crippen molar-refractivity contribution in [2.75, 3.05) is 33.8 Å². The Kier molecular flexibility index (Phi) is 5.25. The van der Waals surface area contributed by atoms with Crippen molar-refractivity contribution in [3.63, 3.8) is 0 Å². The molecule has 0 radical (unpaired) electrons. The standard InChI is InChI=1S/C21H21N5O4/c1-27-16-9-13(10-17(28-2)20(16)30-4)15-12-23-26-8-7-18(25-21(15)26)24-14-5-6-19(29-3)22-11-14/h5-12H,1-4H3,(H,24,25). The second-order valence-electron chi connectivity index (χ2n) is 6.27. The van der Waals surface area contributed by atoms with Gasteiger partial charge in [0.1, 0.15) is 5.82 Å². The Hall–Kier alpha value is -4.01. The molecule has 154 valence electrons. The molecule has 0 spiro atoms. The average Bonchev–Trinajstić information content (AvgIpc) is 3.21. The highest BCUT2D eigenvalue weighted by Gasteiger charge is 2.17. The lowest BCUT2D eigenvalue weighted by Gasteiger charge is -2.13. The van der Waals surface area contributed by atoms with Gasteiger partial charge in [0, 0.05) is 17.8 Å². The van der Waals surface area contributed by atoms with Crippen LogP contribution >= 0.6 is 0 Å². The second-order valence-corrected chi connectivity index (χ2v) is 6.27. The van der Waals surface area contributed by atoms with Gasteiger partial charge in [0.15, 0.2) is 17.1 Å². The second kappa shape index (κ2) is 8.16. The highest BCUT2D eigenvalue weighted by Crippen LogP contribution is 2.41. The van der Waals surface area contributed by atoms with Gasteiger partial charge in [-0.1, -0.05) is 0 Å². The van der Waals surface area contributed by atoms with E-state index in [-0.39, 0.29) is 0 Å². The molecule has 0 fully saturated rings. The predicted molar refractivity (Wildman–Crippen MR) is 112 cm³/mol. The van der Waals surface area contributed by atoms with Crippen LogP contribution in [0.15, 0.2) is 48.9 Å². The summed E-state index contributed by atoms with van der Waals surface area (Å²) in [6, 6.07) is 9.22. The number of nitrogens with zero attached hydrogens (tertiary/aromatic N) is 4. The third-order valence-electron chi connectivity index (χ3n) is 4.56. The number of anilines is 2. The van der Waals surface area contributed by atoms with Crippen molar-refractivity contribution in [3.8, 4) is 34.3 Å². The number of ether oxygens (including phenoxy) is 4. The fourth-order valence-corrected chi connectivity index (χ4v) is 3.10. The molecule has 0 aliphatic heterocycles. The summed E-state index contributed by atoms with van der Waals surface area (Å²) in [7, 11) is 6.32. The maximum absolute atomic E-state index is 5.47. The summed E-state index contributed by atoms with van der Waals surface area (Å²) in [6.45, 7) is 0. The van der Waals surface area contributed by atoms with Crippen LogP contribution in [0.4, 0.5) is 11.5 Å². The number of fused-ring (bicyclic) bond motifs is 1. The third-order valence-corrected chi connectivity index (χ3v) is 4.56. The van der Waals surface area contributed by atoms with Crippen molar-refractivity contribution in [1.29, 1.82) is 0 Å².